The Kier molecular flexibility index (Phi) is 5.32. The fourth-order valence-electron chi connectivity index (χ4n) is 4.07. The number of piperidine rings is 1. The summed E-state index contributed by atoms with van der Waals surface area (Å²) in [5, 5.41) is 0.623. The maximum atomic E-state index is 13.3. The molecule has 0 saturated carbocycles. The van der Waals surface area contributed by atoms with E-state index in [1.54, 1.807) is 24.3 Å². The Bertz CT molecular complexity index is 797. The molecule has 2 aliphatic rings. The van der Waals surface area contributed by atoms with Gasteiger partial charge < -0.3 is 14.5 Å². The summed E-state index contributed by atoms with van der Waals surface area (Å²) >= 11 is 5.93. The second-order valence-electron chi connectivity index (χ2n) is 7.12. The molecule has 2 aromatic rings. The Morgan fingerprint density at radius 2 is 1.81 bits per heavy atom. The second-order valence-corrected chi connectivity index (χ2v) is 7.56. The number of halogens is 2. The standard InChI is InChI=1S/C21H22ClFN2O2/c22-17-3-1-15(2-4-17)21(26)24-10-9-20-16(13-24)14-27-12-11-25(20)19-7-5-18(23)6-8-19/h1-8,16,20H,9-14H2/t16-,20+/m1/s1. The summed E-state index contributed by atoms with van der Waals surface area (Å²) in [6, 6.07) is 13.9. The van der Waals surface area contributed by atoms with Gasteiger partial charge in [-0.1, -0.05) is 11.6 Å². The number of nitrogens with zero attached hydrogens (tertiary/aromatic N) is 2. The summed E-state index contributed by atoms with van der Waals surface area (Å²) in [6.07, 6.45) is 0.866. The van der Waals surface area contributed by atoms with Crippen molar-refractivity contribution >= 4 is 23.2 Å². The number of ether oxygens (including phenoxy) is 1. The highest BCUT2D eigenvalue weighted by Gasteiger charge is 2.37. The molecular weight excluding hydrogens is 367 g/mol. The lowest BCUT2D eigenvalue weighted by Crippen LogP contribution is -2.53. The first-order chi connectivity index (χ1) is 13.1. The van der Waals surface area contributed by atoms with Crippen LogP contribution in [0, 0.1) is 11.7 Å². The van der Waals surface area contributed by atoms with E-state index in [2.05, 4.69) is 4.90 Å². The van der Waals surface area contributed by atoms with Gasteiger partial charge in [0, 0.05) is 47.9 Å². The molecule has 4 rings (SSSR count). The molecule has 2 fully saturated rings. The van der Waals surface area contributed by atoms with Crippen molar-refractivity contribution in [2.24, 2.45) is 5.92 Å². The molecule has 142 valence electrons. The third-order valence-corrected chi connectivity index (χ3v) is 5.69. The zero-order valence-electron chi connectivity index (χ0n) is 15.0. The SMILES string of the molecule is O=C(c1ccc(Cl)cc1)N1CC[C@H]2[C@@H](COCCN2c2ccc(F)cc2)C1. The van der Waals surface area contributed by atoms with E-state index in [4.69, 9.17) is 16.3 Å². The van der Waals surface area contributed by atoms with Crippen LogP contribution in [-0.2, 0) is 4.74 Å². The van der Waals surface area contributed by atoms with Gasteiger partial charge in [0.15, 0.2) is 0 Å². The van der Waals surface area contributed by atoms with E-state index < -0.39 is 0 Å². The number of anilines is 1. The summed E-state index contributed by atoms with van der Waals surface area (Å²) in [7, 11) is 0. The molecule has 2 heterocycles. The van der Waals surface area contributed by atoms with E-state index in [0.29, 0.717) is 36.9 Å². The van der Waals surface area contributed by atoms with Gasteiger partial charge in [0.1, 0.15) is 5.82 Å². The van der Waals surface area contributed by atoms with Gasteiger partial charge in [0.25, 0.3) is 5.91 Å². The number of fused-ring (bicyclic) bond motifs is 1. The van der Waals surface area contributed by atoms with Crippen LogP contribution < -0.4 is 4.90 Å². The smallest absolute Gasteiger partial charge is 0.253 e. The summed E-state index contributed by atoms with van der Waals surface area (Å²) < 4.78 is 19.1. The van der Waals surface area contributed by atoms with Crippen molar-refractivity contribution in [3.63, 3.8) is 0 Å². The van der Waals surface area contributed by atoms with E-state index in [0.717, 1.165) is 18.7 Å². The van der Waals surface area contributed by atoms with E-state index in [1.807, 2.05) is 17.0 Å². The minimum Gasteiger partial charge on any atom is -0.379 e. The molecule has 2 aliphatic heterocycles. The molecule has 0 bridgehead atoms. The van der Waals surface area contributed by atoms with Gasteiger partial charge in [0.2, 0.25) is 0 Å². The third kappa shape index (κ3) is 3.94. The summed E-state index contributed by atoms with van der Waals surface area (Å²) in [5.74, 6) is 0.0231. The maximum Gasteiger partial charge on any atom is 0.253 e. The Hall–Kier alpha value is -2.11. The van der Waals surface area contributed by atoms with Crippen LogP contribution in [0.15, 0.2) is 48.5 Å². The summed E-state index contributed by atoms with van der Waals surface area (Å²) in [6.45, 7) is 3.39. The molecule has 2 atom stereocenters. The maximum absolute atomic E-state index is 13.3. The first kappa shape index (κ1) is 18.3. The minimum absolute atomic E-state index is 0.0303. The number of benzene rings is 2. The van der Waals surface area contributed by atoms with Gasteiger partial charge >= 0.3 is 0 Å². The highest BCUT2D eigenvalue weighted by atomic mass is 35.5. The average Bonchev–Trinajstić information content (AvgIpc) is 2.90. The fourth-order valence-corrected chi connectivity index (χ4v) is 4.20. The monoisotopic (exact) mass is 388 g/mol. The van der Waals surface area contributed by atoms with Crippen LogP contribution in [0.5, 0.6) is 0 Å². The Morgan fingerprint density at radius 3 is 2.56 bits per heavy atom. The van der Waals surface area contributed by atoms with Crippen molar-refractivity contribution in [2.75, 3.05) is 37.7 Å². The highest BCUT2D eigenvalue weighted by Crippen LogP contribution is 2.30. The summed E-state index contributed by atoms with van der Waals surface area (Å²) in [4.78, 5) is 17.1. The third-order valence-electron chi connectivity index (χ3n) is 5.44. The lowest BCUT2D eigenvalue weighted by atomic mass is 9.90. The van der Waals surface area contributed by atoms with Gasteiger partial charge in [-0.3, -0.25) is 4.79 Å². The number of carbonyl (C=O) groups excluding carboxylic acids is 1. The summed E-state index contributed by atoms with van der Waals surface area (Å²) in [5.41, 5.74) is 1.66. The molecule has 27 heavy (non-hydrogen) atoms. The van der Waals surface area contributed by atoms with Crippen molar-refractivity contribution in [3.8, 4) is 0 Å². The van der Waals surface area contributed by atoms with E-state index in [1.165, 1.54) is 12.1 Å². The molecule has 1 amide bonds. The molecule has 0 aromatic heterocycles. The molecule has 0 spiro atoms. The Labute approximate surface area is 163 Å². The minimum atomic E-state index is -0.232. The van der Waals surface area contributed by atoms with Crippen LogP contribution >= 0.6 is 11.6 Å². The number of amides is 1. The fraction of sp³-hybridized carbons (Fsp3) is 0.381. The van der Waals surface area contributed by atoms with Crippen molar-refractivity contribution < 1.29 is 13.9 Å². The van der Waals surface area contributed by atoms with E-state index in [-0.39, 0.29) is 23.7 Å². The van der Waals surface area contributed by atoms with Gasteiger partial charge in [-0.05, 0) is 55.0 Å². The topological polar surface area (TPSA) is 32.8 Å². The van der Waals surface area contributed by atoms with Gasteiger partial charge in [-0.25, -0.2) is 4.39 Å². The quantitative estimate of drug-likeness (QED) is 0.783. The lowest BCUT2D eigenvalue weighted by Gasteiger charge is -2.43. The van der Waals surface area contributed by atoms with Gasteiger partial charge in [0.05, 0.1) is 13.2 Å². The van der Waals surface area contributed by atoms with Crippen molar-refractivity contribution in [1.29, 1.82) is 0 Å². The van der Waals surface area contributed by atoms with Gasteiger partial charge in [-0.2, -0.15) is 0 Å². The first-order valence-corrected chi connectivity index (χ1v) is 9.64. The molecule has 0 unspecified atom stereocenters. The molecule has 2 saturated heterocycles. The number of hydrogen-bond donors (Lipinski definition) is 0. The number of likely N-dealkylation sites (tertiary alicyclic amines) is 1. The predicted octanol–water partition coefficient (Wildman–Crippen LogP) is 3.85. The second kappa shape index (κ2) is 7.87. The average molecular weight is 389 g/mol. The number of hydrogen-bond acceptors (Lipinski definition) is 3. The van der Waals surface area contributed by atoms with Crippen LogP contribution in [0.3, 0.4) is 0 Å². The zero-order valence-corrected chi connectivity index (χ0v) is 15.7. The molecule has 2 aromatic carbocycles. The predicted molar refractivity (Wildman–Crippen MR) is 104 cm³/mol. The van der Waals surface area contributed by atoms with Crippen LogP contribution in [0.2, 0.25) is 5.02 Å². The van der Waals surface area contributed by atoms with Crippen LogP contribution in [0.4, 0.5) is 10.1 Å². The van der Waals surface area contributed by atoms with E-state index >= 15 is 0 Å². The Balaban J connectivity index is 1.51. The molecule has 0 N–H and O–H groups in total. The lowest BCUT2D eigenvalue weighted by molar-refractivity contribution is 0.0521. The largest absolute Gasteiger partial charge is 0.379 e. The van der Waals surface area contributed by atoms with Crippen molar-refractivity contribution in [2.45, 2.75) is 12.5 Å². The van der Waals surface area contributed by atoms with Crippen LogP contribution in [0.25, 0.3) is 0 Å². The van der Waals surface area contributed by atoms with Crippen molar-refractivity contribution in [3.05, 3.63) is 64.9 Å². The molecule has 0 aliphatic carbocycles. The Morgan fingerprint density at radius 1 is 1.07 bits per heavy atom. The molecule has 0 radical (unpaired) electrons. The number of rotatable bonds is 2. The van der Waals surface area contributed by atoms with Crippen molar-refractivity contribution in [1.82, 2.24) is 4.90 Å². The van der Waals surface area contributed by atoms with E-state index in [9.17, 15) is 9.18 Å². The molecule has 4 nitrogen and oxygen atoms in total. The van der Waals surface area contributed by atoms with Crippen LogP contribution in [0.1, 0.15) is 16.8 Å². The molecule has 6 heteroatoms. The first-order valence-electron chi connectivity index (χ1n) is 9.26. The van der Waals surface area contributed by atoms with Gasteiger partial charge in [-0.15, -0.1) is 0 Å². The number of carbonyl (C=O) groups is 1. The van der Waals surface area contributed by atoms with Crippen LogP contribution in [-0.4, -0.2) is 49.7 Å². The molecular formula is C21H22ClFN2O2. The highest BCUT2D eigenvalue weighted by molar-refractivity contribution is 6.30. The normalized spacial score (nSPS) is 22.9. The zero-order chi connectivity index (χ0) is 18.8.